The van der Waals surface area contributed by atoms with Crippen LogP contribution in [0.5, 0.6) is 0 Å². The number of aromatic amines is 1. The molecule has 3 aromatic rings. The third kappa shape index (κ3) is 3.84. The molecule has 0 radical (unpaired) electrons. The number of aryl methyl sites for hydroxylation is 1. The fourth-order valence-electron chi connectivity index (χ4n) is 3.28. The number of benzene rings is 2. The number of nitrogens with zero attached hydrogens (tertiary/aromatic N) is 1. The number of amides is 1. The molecule has 0 spiro atoms. The quantitative estimate of drug-likeness (QED) is 0.489. The number of nitrogens with one attached hydrogen (secondary N) is 2. The van der Waals surface area contributed by atoms with E-state index in [2.05, 4.69) is 15.3 Å². The Morgan fingerprint density at radius 3 is 2.64 bits per heavy atom. The number of hydrogen-bond acceptors (Lipinski definition) is 4. The SMILES string of the molecule is Cc1ccc(CSc2nc3c(c(=O)[nH]2)C(c2ccccc2Cl)CC(=O)N3)cc1. The van der Waals surface area contributed by atoms with Crippen molar-refractivity contribution in [1.82, 2.24) is 9.97 Å². The van der Waals surface area contributed by atoms with Crippen LogP contribution in [0.2, 0.25) is 5.02 Å². The topological polar surface area (TPSA) is 74.8 Å². The Kier molecular flexibility index (Phi) is 5.24. The molecule has 7 heteroatoms. The summed E-state index contributed by atoms with van der Waals surface area (Å²) in [6, 6.07) is 15.5. The molecule has 142 valence electrons. The molecule has 0 bridgehead atoms. The van der Waals surface area contributed by atoms with Crippen molar-refractivity contribution in [2.45, 2.75) is 30.2 Å². The molecule has 2 heterocycles. The predicted molar refractivity (Wildman–Crippen MR) is 112 cm³/mol. The second kappa shape index (κ2) is 7.81. The first-order valence-corrected chi connectivity index (χ1v) is 10.2. The van der Waals surface area contributed by atoms with Crippen molar-refractivity contribution >= 4 is 35.1 Å². The lowest BCUT2D eigenvalue weighted by molar-refractivity contribution is -0.116. The van der Waals surface area contributed by atoms with Gasteiger partial charge in [-0.25, -0.2) is 4.98 Å². The van der Waals surface area contributed by atoms with Crippen LogP contribution < -0.4 is 10.9 Å². The van der Waals surface area contributed by atoms with E-state index >= 15 is 0 Å². The molecule has 1 aromatic heterocycles. The first-order chi connectivity index (χ1) is 13.5. The van der Waals surface area contributed by atoms with E-state index in [1.54, 1.807) is 6.07 Å². The van der Waals surface area contributed by atoms with Gasteiger partial charge in [-0.3, -0.25) is 9.59 Å². The molecular formula is C21H18ClN3O2S. The van der Waals surface area contributed by atoms with E-state index in [1.807, 2.05) is 49.4 Å². The summed E-state index contributed by atoms with van der Waals surface area (Å²) in [4.78, 5) is 32.4. The molecule has 0 saturated carbocycles. The Labute approximate surface area is 171 Å². The van der Waals surface area contributed by atoms with Crippen LogP contribution in [0.3, 0.4) is 0 Å². The maximum absolute atomic E-state index is 12.8. The number of carbonyl (C=O) groups excluding carboxylic acids is 1. The number of thioether (sulfide) groups is 1. The van der Waals surface area contributed by atoms with Gasteiger partial charge in [-0.05, 0) is 24.1 Å². The van der Waals surface area contributed by atoms with Crippen LogP contribution >= 0.6 is 23.4 Å². The van der Waals surface area contributed by atoms with Gasteiger partial charge in [0.15, 0.2) is 5.16 Å². The van der Waals surface area contributed by atoms with E-state index in [0.717, 1.165) is 11.1 Å². The summed E-state index contributed by atoms with van der Waals surface area (Å²) >= 11 is 7.74. The number of hydrogen-bond donors (Lipinski definition) is 2. The second-order valence-electron chi connectivity index (χ2n) is 6.73. The van der Waals surface area contributed by atoms with Gasteiger partial charge in [0.2, 0.25) is 5.91 Å². The molecule has 2 N–H and O–H groups in total. The van der Waals surface area contributed by atoms with E-state index in [1.165, 1.54) is 17.3 Å². The zero-order chi connectivity index (χ0) is 19.7. The van der Waals surface area contributed by atoms with Crippen molar-refractivity contribution in [1.29, 1.82) is 0 Å². The molecule has 1 amide bonds. The van der Waals surface area contributed by atoms with E-state index in [-0.39, 0.29) is 17.9 Å². The average molecular weight is 412 g/mol. The maximum Gasteiger partial charge on any atom is 0.257 e. The van der Waals surface area contributed by atoms with E-state index < -0.39 is 5.92 Å². The summed E-state index contributed by atoms with van der Waals surface area (Å²) in [7, 11) is 0. The number of carbonyl (C=O) groups is 1. The summed E-state index contributed by atoms with van der Waals surface area (Å²) in [5, 5.41) is 3.75. The van der Waals surface area contributed by atoms with Crippen LogP contribution in [0.4, 0.5) is 5.82 Å². The average Bonchev–Trinajstić information content (AvgIpc) is 2.67. The second-order valence-corrected chi connectivity index (χ2v) is 8.11. The summed E-state index contributed by atoms with van der Waals surface area (Å²) in [6.45, 7) is 2.04. The molecule has 1 aliphatic rings. The molecule has 0 aliphatic carbocycles. The van der Waals surface area contributed by atoms with E-state index in [4.69, 9.17) is 11.6 Å². The van der Waals surface area contributed by atoms with Crippen molar-refractivity contribution < 1.29 is 4.79 Å². The fourth-order valence-corrected chi connectivity index (χ4v) is 4.36. The molecule has 2 aromatic carbocycles. The van der Waals surface area contributed by atoms with Crippen LogP contribution in [0.1, 0.15) is 34.6 Å². The van der Waals surface area contributed by atoms with E-state index in [9.17, 15) is 9.59 Å². The molecule has 0 fully saturated rings. The molecule has 0 saturated heterocycles. The van der Waals surface area contributed by atoms with Crippen LogP contribution in [0, 0.1) is 6.92 Å². The molecule has 1 aliphatic heterocycles. The predicted octanol–water partition coefficient (Wildman–Crippen LogP) is 4.50. The van der Waals surface area contributed by atoms with Gasteiger partial charge in [0.25, 0.3) is 5.56 Å². The van der Waals surface area contributed by atoms with Crippen molar-refractivity contribution in [3.8, 4) is 0 Å². The van der Waals surface area contributed by atoms with Gasteiger partial charge in [-0.2, -0.15) is 0 Å². The highest BCUT2D eigenvalue weighted by Gasteiger charge is 2.32. The standard InChI is InChI=1S/C21H18ClN3O2S/c1-12-6-8-13(9-7-12)11-28-21-24-19-18(20(27)25-21)15(10-17(26)23-19)14-4-2-3-5-16(14)22/h2-9,15H,10-11H2,1H3,(H2,23,24,25,26,27). The maximum atomic E-state index is 12.8. The van der Waals surface area contributed by atoms with Gasteiger partial charge in [0.1, 0.15) is 5.82 Å². The van der Waals surface area contributed by atoms with Gasteiger partial charge >= 0.3 is 0 Å². The van der Waals surface area contributed by atoms with Crippen LogP contribution in [-0.2, 0) is 10.5 Å². The zero-order valence-electron chi connectivity index (χ0n) is 15.2. The van der Waals surface area contributed by atoms with Crippen LogP contribution in [0.15, 0.2) is 58.5 Å². The third-order valence-electron chi connectivity index (χ3n) is 4.71. The van der Waals surface area contributed by atoms with Crippen molar-refractivity contribution in [2.75, 3.05) is 5.32 Å². The molecule has 5 nitrogen and oxygen atoms in total. The molecule has 4 rings (SSSR count). The highest BCUT2D eigenvalue weighted by atomic mass is 35.5. The van der Waals surface area contributed by atoms with Crippen LogP contribution in [0.25, 0.3) is 0 Å². The minimum Gasteiger partial charge on any atom is -0.310 e. The summed E-state index contributed by atoms with van der Waals surface area (Å²) < 4.78 is 0. The number of anilines is 1. The molecule has 1 unspecified atom stereocenters. The number of rotatable bonds is 4. The smallest absolute Gasteiger partial charge is 0.257 e. The Morgan fingerprint density at radius 1 is 1.14 bits per heavy atom. The number of aromatic nitrogens is 2. The minimum atomic E-state index is -0.412. The minimum absolute atomic E-state index is 0.164. The number of halogens is 1. The lowest BCUT2D eigenvalue weighted by Crippen LogP contribution is -2.31. The van der Waals surface area contributed by atoms with Crippen molar-refractivity contribution in [3.63, 3.8) is 0 Å². The van der Waals surface area contributed by atoms with Gasteiger partial charge in [0, 0.05) is 23.1 Å². The lowest BCUT2D eigenvalue weighted by atomic mass is 9.87. The normalized spacial score (nSPS) is 15.8. The van der Waals surface area contributed by atoms with Gasteiger partial charge in [-0.1, -0.05) is 71.4 Å². The Morgan fingerprint density at radius 2 is 1.89 bits per heavy atom. The zero-order valence-corrected chi connectivity index (χ0v) is 16.7. The fraction of sp³-hybridized carbons (Fsp3) is 0.190. The first kappa shape index (κ1) is 18.8. The monoisotopic (exact) mass is 411 g/mol. The van der Waals surface area contributed by atoms with Gasteiger partial charge in [-0.15, -0.1) is 0 Å². The highest BCUT2D eigenvalue weighted by Crippen LogP contribution is 2.37. The highest BCUT2D eigenvalue weighted by molar-refractivity contribution is 7.98. The van der Waals surface area contributed by atoms with Crippen LogP contribution in [-0.4, -0.2) is 15.9 Å². The Balaban J connectivity index is 1.66. The van der Waals surface area contributed by atoms with Crippen molar-refractivity contribution in [3.05, 3.63) is 86.2 Å². The Bertz CT molecular complexity index is 1100. The van der Waals surface area contributed by atoms with E-state index in [0.29, 0.717) is 27.3 Å². The lowest BCUT2D eigenvalue weighted by Gasteiger charge is -2.25. The molecule has 1 atom stereocenters. The van der Waals surface area contributed by atoms with Gasteiger partial charge in [0.05, 0.1) is 5.56 Å². The molecule has 28 heavy (non-hydrogen) atoms. The summed E-state index contributed by atoms with van der Waals surface area (Å²) in [6.07, 6.45) is 0.164. The summed E-state index contributed by atoms with van der Waals surface area (Å²) in [5.74, 6) is 0.398. The largest absolute Gasteiger partial charge is 0.310 e. The number of fused-ring (bicyclic) bond motifs is 1. The summed E-state index contributed by atoms with van der Waals surface area (Å²) in [5.41, 5.74) is 3.29. The molecular weight excluding hydrogens is 394 g/mol. The van der Waals surface area contributed by atoms with Gasteiger partial charge < -0.3 is 10.3 Å². The first-order valence-electron chi connectivity index (χ1n) is 8.88. The Hall–Kier alpha value is -2.57. The van der Waals surface area contributed by atoms with Crippen molar-refractivity contribution in [2.24, 2.45) is 0 Å². The third-order valence-corrected chi connectivity index (χ3v) is 5.99. The number of H-pyrrole nitrogens is 1.